The van der Waals surface area contributed by atoms with Crippen molar-refractivity contribution in [3.05, 3.63) is 0 Å². The molecule has 0 amide bonds. The zero-order chi connectivity index (χ0) is 25.3. The normalized spacial score (nSPS) is 12.6. The van der Waals surface area contributed by atoms with Gasteiger partial charge >= 0.3 is 72.1 Å². The van der Waals surface area contributed by atoms with Gasteiger partial charge in [-0.15, -0.1) is 0 Å². The molecule has 0 saturated carbocycles. The zero-order valence-electron chi connectivity index (χ0n) is 20.6. The van der Waals surface area contributed by atoms with Gasteiger partial charge in [-0.05, 0) is 55.4 Å². The maximum absolute atomic E-state index is 8.58. The van der Waals surface area contributed by atoms with Crippen LogP contribution in [0.15, 0.2) is 0 Å². The quantitative estimate of drug-likeness (QED) is 0.388. The maximum atomic E-state index is 8.58. The van der Waals surface area contributed by atoms with Crippen molar-refractivity contribution in [2.45, 2.75) is 55.4 Å². The molecular weight excluding hydrogens is 431 g/mol. The molecule has 0 aliphatic rings. The van der Waals surface area contributed by atoms with E-state index in [1.54, 1.807) is 0 Å². The fourth-order valence-corrected chi connectivity index (χ4v) is 3.85. The molecular formula is C22H40MnN8. The van der Waals surface area contributed by atoms with Crippen LogP contribution < -0.4 is 0 Å². The average molecular weight is 472 g/mol. The molecule has 9 heteroatoms. The fourth-order valence-electron chi connectivity index (χ4n) is 2.97. The summed E-state index contributed by atoms with van der Waals surface area (Å²) in [5.41, 5.74) is 0. The first-order chi connectivity index (χ1) is 14.5. The van der Waals surface area contributed by atoms with Crippen LogP contribution in [-0.2, 0) is 10.7 Å². The Morgan fingerprint density at radius 2 is 0.516 bits per heavy atom. The molecule has 0 aliphatic carbocycles. The number of hydrogen-bond donors (Lipinski definition) is 0. The van der Waals surface area contributed by atoms with Crippen LogP contribution in [0.4, 0.5) is 0 Å². The second-order valence-corrected chi connectivity index (χ2v) is 13.1. The molecule has 0 atom stereocenters. The van der Waals surface area contributed by atoms with Gasteiger partial charge in [0.1, 0.15) is 0 Å². The van der Waals surface area contributed by atoms with E-state index in [2.05, 4.69) is 55.4 Å². The molecule has 0 bridgehead atoms. The molecule has 0 heterocycles. The molecule has 0 spiro atoms. The van der Waals surface area contributed by atoms with E-state index in [4.69, 9.17) is 31.6 Å². The average Bonchev–Trinajstić information content (AvgIpc) is 2.87. The summed E-state index contributed by atoms with van der Waals surface area (Å²) in [5.74, 6) is 0. The van der Waals surface area contributed by atoms with Crippen LogP contribution in [0, 0.1) is 61.4 Å². The van der Waals surface area contributed by atoms with Gasteiger partial charge in [0.2, 0.25) is 0 Å². The summed E-state index contributed by atoms with van der Waals surface area (Å²) in [4.78, 5) is 6.25. The Hall–Kier alpha value is -2.62. The van der Waals surface area contributed by atoms with E-state index < -0.39 is 10.7 Å². The van der Waals surface area contributed by atoms with E-state index in [0.717, 1.165) is 29.8 Å². The molecule has 0 N–H and O–H groups in total. The molecule has 0 fully saturated rings. The number of nitriles is 6. The van der Waals surface area contributed by atoms with Gasteiger partial charge in [-0.2, -0.15) is 0 Å². The monoisotopic (exact) mass is 471 g/mol. The van der Waals surface area contributed by atoms with Crippen molar-refractivity contribution in [1.82, 2.24) is 0 Å². The molecule has 0 aliphatic heterocycles. The Kier molecular flexibility index (Phi) is 13.8. The van der Waals surface area contributed by atoms with Crippen molar-refractivity contribution in [2.24, 2.45) is 0 Å². The van der Waals surface area contributed by atoms with Gasteiger partial charge < -0.3 is 8.97 Å². The first-order valence-corrected chi connectivity index (χ1v) is 14.2. The summed E-state index contributed by atoms with van der Waals surface area (Å²) in [6.07, 6.45) is 0. The van der Waals surface area contributed by atoms with Crippen molar-refractivity contribution in [1.29, 1.82) is 31.6 Å². The summed E-state index contributed by atoms with van der Waals surface area (Å²) in [5, 5.41) is 51.5. The van der Waals surface area contributed by atoms with E-state index in [-0.39, 0.29) is 0 Å². The van der Waals surface area contributed by atoms with Crippen LogP contribution in [0.3, 0.4) is 0 Å². The zero-order valence-corrected chi connectivity index (χ0v) is 21.8. The van der Waals surface area contributed by atoms with E-state index >= 15 is 0 Å². The van der Waals surface area contributed by atoms with E-state index in [0.29, 0.717) is 0 Å². The third-order valence-electron chi connectivity index (χ3n) is 6.63. The van der Waals surface area contributed by atoms with Crippen LogP contribution in [0.5, 0.6) is 0 Å². The van der Waals surface area contributed by atoms with Crippen LogP contribution in [-0.4, -0.2) is 61.3 Å². The standard InChI is InChI=1S/2C8H20N.6CN.Mn/c2*1-5-9(6-2,7-3)8-4;6*1-2;/h2*5-8H2,1-4H3;;;;;;;/q2*+1;;;;;;;-2. The molecule has 175 valence electrons. The van der Waals surface area contributed by atoms with E-state index in [1.807, 2.05) is 0 Å². The number of hydrogen-bond acceptors (Lipinski definition) is 6. The molecule has 0 aromatic heterocycles. The van der Waals surface area contributed by atoms with Gasteiger partial charge in [-0.1, -0.05) is 0 Å². The Bertz CT molecular complexity index is 629. The van der Waals surface area contributed by atoms with Gasteiger partial charge in [0, 0.05) is 0 Å². The van der Waals surface area contributed by atoms with Crippen LogP contribution in [0.2, 0.25) is 0 Å². The third kappa shape index (κ3) is 6.68. The van der Waals surface area contributed by atoms with Gasteiger partial charge in [-0.3, -0.25) is 0 Å². The minimum atomic E-state index is -6.30. The topological polar surface area (TPSA) is 143 Å². The number of rotatable bonds is 8. The molecule has 0 unspecified atom stereocenters. The molecule has 0 rings (SSSR count). The summed E-state index contributed by atoms with van der Waals surface area (Å²) in [6, 6.07) is 0. The first kappa shape index (κ1) is 33.0. The molecule has 0 radical (unpaired) electrons. The fraction of sp³-hybridized carbons (Fsp3) is 0.727. The second kappa shape index (κ2) is 12.9. The molecule has 31 heavy (non-hydrogen) atoms. The van der Waals surface area contributed by atoms with Crippen molar-refractivity contribution in [3.63, 3.8) is 0 Å². The molecule has 0 aromatic rings. The molecule has 0 saturated heterocycles. The molecule has 8 nitrogen and oxygen atoms in total. The summed E-state index contributed by atoms with van der Waals surface area (Å²) >= 11 is 0. The van der Waals surface area contributed by atoms with Crippen LogP contribution >= 0.6 is 0 Å². The number of quaternary nitrogens is 2. The Morgan fingerprint density at radius 3 is 0.516 bits per heavy atom. The van der Waals surface area contributed by atoms with Crippen molar-refractivity contribution >= 4 is 0 Å². The Labute approximate surface area is 188 Å². The van der Waals surface area contributed by atoms with Gasteiger partial charge in [0.25, 0.3) is 0 Å². The minimum absolute atomic E-state index is 1.04. The third-order valence-corrected chi connectivity index (χ3v) is 10.6. The van der Waals surface area contributed by atoms with E-state index in [1.165, 1.54) is 61.3 Å². The predicted molar refractivity (Wildman–Crippen MR) is 119 cm³/mol. The van der Waals surface area contributed by atoms with Gasteiger partial charge in [0.05, 0.1) is 52.4 Å². The predicted octanol–water partition coefficient (Wildman–Crippen LogP) is 3.86. The Balaban J connectivity index is -0.000000390. The van der Waals surface area contributed by atoms with Crippen LogP contribution in [0.1, 0.15) is 55.4 Å². The van der Waals surface area contributed by atoms with Crippen molar-refractivity contribution in [3.8, 4) is 29.8 Å². The van der Waals surface area contributed by atoms with Crippen molar-refractivity contribution < 1.29 is 19.7 Å². The van der Waals surface area contributed by atoms with Crippen LogP contribution in [0.25, 0.3) is 0 Å². The molecule has 0 aromatic carbocycles. The van der Waals surface area contributed by atoms with Gasteiger partial charge in [-0.25, -0.2) is 0 Å². The summed E-state index contributed by atoms with van der Waals surface area (Å²) in [7, 11) is -6.30. The second-order valence-electron chi connectivity index (χ2n) is 7.14. The van der Waals surface area contributed by atoms with E-state index in [9.17, 15) is 0 Å². The first-order valence-electron chi connectivity index (χ1n) is 10.7. The number of nitrogens with zero attached hydrogens (tertiary/aromatic N) is 8. The Morgan fingerprint density at radius 1 is 0.387 bits per heavy atom. The van der Waals surface area contributed by atoms with Gasteiger partial charge in [0.15, 0.2) is 0 Å². The summed E-state index contributed by atoms with van der Waals surface area (Å²) < 4.78 is 2.56. The van der Waals surface area contributed by atoms with Crippen molar-refractivity contribution in [2.75, 3.05) is 52.4 Å². The summed E-state index contributed by atoms with van der Waals surface area (Å²) in [6.45, 7) is 28.4. The SMILES string of the molecule is CC[N+](CC)(CC)CC.CC[N+](CC)(CC)CC.N#[C][Mn-2]([C]#N)([C]#N)([C]#N)([C]#N)[C]#N.